The normalized spacial score (nSPS) is 17.4. The fraction of sp³-hybridized carbons (Fsp3) is 0.562. The Morgan fingerprint density at radius 2 is 2.17 bits per heavy atom. The maximum Gasteiger partial charge on any atom is 0.271 e. The fourth-order valence-corrected chi connectivity index (χ4v) is 2.88. The number of rotatable bonds is 7. The molecule has 1 fully saturated rings. The number of hydrogen-bond donors (Lipinski definition) is 3. The molecule has 24 heavy (non-hydrogen) atoms. The number of hydrogen-bond acceptors (Lipinski definition) is 6. The van der Waals surface area contributed by atoms with Crippen LogP contribution >= 0.6 is 0 Å². The van der Waals surface area contributed by atoms with Crippen molar-refractivity contribution in [3.8, 4) is 0 Å². The maximum atomic E-state index is 12.4. The van der Waals surface area contributed by atoms with Crippen LogP contribution in [0.3, 0.4) is 0 Å². The first kappa shape index (κ1) is 18.0. The molecule has 0 saturated carbocycles. The molecule has 3 N–H and O–H groups in total. The minimum Gasteiger partial charge on any atom is -0.395 e. The van der Waals surface area contributed by atoms with Gasteiger partial charge in [0.05, 0.1) is 29.4 Å². The molecule has 8 heteroatoms. The Balaban J connectivity index is 2.07. The number of nitrogens with one attached hydrogen (secondary N) is 2. The first-order chi connectivity index (χ1) is 11.5. The van der Waals surface area contributed by atoms with E-state index in [4.69, 9.17) is 5.11 Å². The number of piperidine rings is 1. The van der Waals surface area contributed by atoms with Gasteiger partial charge in [0, 0.05) is 31.3 Å². The molecule has 2 rings (SSSR count). The van der Waals surface area contributed by atoms with Gasteiger partial charge in [-0.05, 0) is 32.3 Å². The second-order valence-corrected chi connectivity index (χ2v) is 5.92. The molecule has 0 bridgehead atoms. The van der Waals surface area contributed by atoms with Gasteiger partial charge >= 0.3 is 0 Å². The van der Waals surface area contributed by atoms with Crippen molar-refractivity contribution in [1.82, 2.24) is 4.90 Å². The van der Waals surface area contributed by atoms with Gasteiger partial charge in [-0.1, -0.05) is 0 Å². The number of non-ortho nitro benzene ring substituents is 1. The van der Waals surface area contributed by atoms with Crippen LogP contribution in [0.2, 0.25) is 0 Å². The van der Waals surface area contributed by atoms with Crippen LogP contribution in [0.4, 0.5) is 17.1 Å². The molecule has 8 nitrogen and oxygen atoms in total. The number of aliphatic hydroxyl groups is 1. The lowest BCUT2D eigenvalue weighted by Gasteiger charge is -2.33. The van der Waals surface area contributed by atoms with E-state index >= 15 is 0 Å². The van der Waals surface area contributed by atoms with Crippen LogP contribution in [0.15, 0.2) is 18.2 Å². The highest BCUT2D eigenvalue weighted by Crippen LogP contribution is 2.27. The molecule has 1 unspecified atom stereocenters. The number of nitrogens with zero attached hydrogens (tertiary/aromatic N) is 2. The van der Waals surface area contributed by atoms with Gasteiger partial charge in [0.25, 0.3) is 5.69 Å². The molecule has 1 aliphatic heterocycles. The van der Waals surface area contributed by atoms with E-state index in [0.29, 0.717) is 17.9 Å². The molecule has 1 saturated heterocycles. The Morgan fingerprint density at radius 1 is 1.38 bits per heavy atom. The number of carbonyl (C=O) groups excluding carboxylic acids is 1. The topological polar surface area (TPSA) is 108 Å². The molecule has 132 valence electrons. The average molecular weight is 336 g/mol. The third-order valence-corrected chi connectivity index (χ3v) is 4.19. The van der Waals surface area contributed by atoms with Gasteiger partial charge in [0.2, 0.25) is 5.91 Å². The van der Waals surface area contributed by atoms with Crippen molar-refractivity contribution >= 4 is 23.0 Å². The highest BCUT2D eigenvalue weighted by Gasteiger charge is 2.23. The number of carbonyl (C=O) groups is 1. The Bertz CT molecular complexity index is 593. The number of anilines is 2. The molecule has 0 spiro atoms. The van der Waals surface area contributed by atoms with E-state index in [2.05, 4.69) is 10.6 Å². The zero-order valence-electron chi connectivity index (χ0n) is 13.8. The molecule has 1 atom stereocenters. The minimum absolute atomic E-state index is 0.0122. The zero-order valence-corrected chi connectivity index (χ0v) is 13.8. The van der Waals surface area contributed by atoms with Gasteiger partial charge in [-0.2, -0.15) is 0 Å². The van der Waals surface area contributed by atoms with Crippen LogP contribution in [0.25, 0.3) is 0 Å². The van der Waals surface area contributed by atoms with Crippen LogP contribution in [0, 0.1) is 10.1 Å². The molecule has 0 radical (unpaired) electrons. The summed E-state index contributed by atoms with van der Waals surface area (Å²) in [6.45, 7) is 3.15. The highest BCUT2D eigenvalue weighted by atomic mass is 16.6. The third-order valence-electron chi connectivity index (χ3n) is 4.19. The van der Waals surface area contributed by atoms with E-state index in [1.807, 2.05) is 11.8 Å². The van der Waals surface area contributed by atoms with E-state index in [0.717, 1.165) is 25.8 Å². The summed E-state index contributed by atoms with van der Waals surface area (Å²) in [6, 6.07) is 4.58. The van der Waals surface area contributed by atoms with Gasteiger partial charge < -0.3 is 20.6 Å². The van der Waals surface area contributed by atoms with Crippen molar-refractivity contribution in [3.63, 3.8) is 0 Å². The predicted molar refractivity (Wildman–Crippen MR) is 92.2 cm³/mol. The Hall–Kier alpha value is -2.35. The largest absolute Gasteiger partial charge is 0.395 e. The molecular weight excluding hydrogens is 312 g/mol. The van der Waals surface area contributed by atoms with Crippen molar-refractivity contribution in [2.45, 2.75) is 32.2 Å². The summed E-state index contributed by atoms with van der Waals surface area (Å²) in [5, 5.41) is 25.9. The van der Waals surface area contributed by atoms with Crippen LogP contribution in [0.5, 0.6) is 0 Å². The predicted octanol–water partition coefficient (Wildman–Crippen LogP) is 1.81. The van der Waals surface area contributed by atoms with E-state index in [9.17, 15) is 14.9 Å². The quantitative estimate of drug-likeness (QED) is 0.518. The standard InChI is InChI=1S/C16H24N4O4/c1-12-4-2-3-8-19(12)16(22)11-18-15-10-13(20(23)24)5-6-14(15)17-7-9-21/h5-6,10,12,17-18,21H,2-4,7-9,11H2,1H3. The van der Waals surface area contributed by atoms with Crippen molar-refractivity contribution < 1.29 is 14.8 Å². The Morgan fingerprint density at radius 3 is 2.83 bits per heavy atom. The lowest BCUT2D eigenvalue weighted by atomic mass is 10.0. The van der Waals surface area contributed by atoms with E-state index in [1.165, 1.54) is 12.1 Å². The molecule has 1 aliphatic rings. The highest BCUT2D eigenvalue weighted by molar-refractivity contribution is 5.83. The van der Waals surface area contributed by atoms with E-state index in [-0.39, 0.29) is 30.8 Å². The number of nitro benzene ring substituents is 1. The van der Waals surface area contributed by atoms with Crippen LogP contribution in [0.1, 0.15) is 26.2 Å². The van der Waals surface area contributed by atoms with Crippen LogP contribution in [-0.4, -0.2) is 53.1 Å². The smallest absolute Gasteiger partial charge is 0.271 e. The summed E-state index contributed by atoms with van der Waals surface area (Å²) in [5.74, 6) is -0.0122. The first-order valence-corrected chi connectivity index (χ1v) is 8.19. The lowest BCUT2D eigenvalue weighted by molar-refractivity contribution is -0.384. The monoisotopic (exact) mass is 336 g/mol. The molecule has 1 heterocycles. The van der Waals surface area contributed by atoms with E-state index in [1.54, 1.807) is 6.07 Å². The first-order valence-electron chi connectivity index (χ1n) is 8.19. The summed E-state index contributed by atoms with van der Waals surface area (Å²) in [5.41, 5.74) is 1.05. The number of aliphatic hydroxyl groups excluding tert-OH is 1. The summed E-state index contributed by atoms with van der Waals surface area (Å²) in [7, 11) is 0. The minimum atomic E-state index is -0.477. The van der Waals surface area contributed by atoms with Gasteiger partial charge in [-0.15, -0.1) is 0 Å². The SMILES string of the molecule is CC1CCCCN1C(=O)CNc1cc([N+](=O)[O-])ccc1NCCO. The van der Waals surface area contributed by atoms with Crippen molar-refractivity contribution in [3.05, 3.63) is 28.3 Å². The van der Waals surface area contributed by atoms with Gasteiger partial charge in [0.1, 0.15) is 0 Å². The van der Waals surface area contributed by atoms with Gasteiger partial charge in [0.15, 0.2) is 0 Å². The fourth-order valence-electron chi connectivity index (χ4n) is 2.88. The number of likely N-dealkylation sites (tertiary alicyclic amines) is 1. The number of amides is 1. The summed E-state index contributed by atoms with van der Waals surface area (Å²) in [4.78, 5) is 24.7. The Labute approximate surface area is 141 Å². The number of nitro groups is 1. The molecule has 0 aromatic heterocycles. The molecular formula is C16H24N4O4. The molecule has 1 aromatic carbocycles. The number of benzene rings is 1. The zero-order chi connectivity index (χ0) is 17.5. The average Bonchev–Trinajstić information content (AvgIpc) is 2.58. The second-order valence-electron chi connectivity index (χ2n) is 5.92. The van der Waals surface area contributed by atoms with Crippen LogP contribution in [-0.2, 0) is 4.79 Å². The van der Waals surface area contributed by atoms with Gasteiger partial charge in [-0.3, -0.25) is 14.9 Å². The Kier molecular flexibility index (Phi) is 6.36. The lowest BCUT2D eigenvalue weighted by Crippen LogP contribution is -2.44. The van der Waals surface area contributed by atoms with E-state index < -0.39 is 4.92 Å². The third kappa shape index (κ3) is 4.58. The molecule has 1 aromatic rings. The molecule has 1 amide bonds. The summed E-state index contributed by atoms with van der Waals surface area (Å²) in [6.07, 6.45) is 3.15. The molecule has 0 aliphatic carbocycles. The van der Waals surface area contributed by atoms with Gasteiger partial charge in [-0.25, -0.2) is 0 Å². The second kappa shape index (κ2) is 8.49. The van der Waals surface area contributed by atoms with Crippen molar-refractivity contribution in [1.29, 1.82) is 0 Å². The van der Waals surface area contributed by atoms with Crippen molar-refractivity contribution in [2.75, 3.05) is 36.9 Å². The summed E-state index contributed by atoms with van der Waals surface area (Å²) < 4.78 is 0. The maximum absolute atomic E-state index is 12.4. The van der Waals surface area contributed by atoms with Crippen LogP contribution < -0.4 is 10.6 Å². The van der Waals surface area contributed by atoms with Crippen molar-refractivity contribution in [2.24, 2.45) is 0 Å². The summed E-state index contributed by atoms with van der Waals surface area (Å²) >= 11 is 0.